The number of aryl methyl sites for hydroxylation is 1. The molecule has 0 spiro atoms. The van der Waals surface area contributed by atoms with Crippen molar-refractivity contribution in [1.82, 2.24) is 15.0 Å². The summed E-state index contributed by atoms with van der Waals surface area (Å²) >= 11 is 0. The molecule has 5 heteroatoms. The minimum atomic E-state index is 0.541. The Kier molecular flexibility index (Phi) is 3.41. The maximum absolute atomic E-state index is 5.83. The quantitative estimate of drug-likeness (QED) is 0.889. The predicted octanol–water partition coefficient (Wildman–Crippen LogP) is 1.67. The molecular weight excluding hydrogens is 228 g/mol. The number of hydrogen-bond acceptors (Lipinski definition) is 5. The molecule has 5 nitrogen and oxygen atoms in total. The molecule has 0 unspecified atom stereocenters. The monoisotopic (exact) mass is 244 g/mol. The fourth-order valence-corrected chi connectivity index (χ4v) is 1.61. The Morgan fingerprint density at radius 2 is 2.00 bits per heavy atom. The maximum atomic E-state index is 5.83. The van der Waals surface area contributed by atoms with Gasteiger partial charge in [0.05, 0.1) is 7.11 Å². The number of ether oxygens (including phenoxy) is 1. The molecule has 94 valence electrons. The smallest absolute Gasteiger partial charge is 0.212 e. The fraction of sp³-hybridized carbons (Fsp3) is 0.308. The van der Waals surface area contributed by atoms with Crippen LogP contribution < -0.4 is 10.5 Å². The average Bonchev–Trinajstić information content (AvgIpc) is 2.37. The lowest BCUT2D eigenvalue weighted by molar-refractivity contribution is 0.397. The first-order valence-electron chi connectivity index (χ1n) is 5.68. The maximum Gasteiger partial charge on any atom is 0.212 e. The molecule has 2 N–H and O–H groups in total. The number of anilines is 1. The Morgan fingerprint density at radius 3 is 2.56 bits per heavy atom. The topological polar surface area (TPSA) is 73.9 Å². The highest BCUT2D eigenvalue weighted by Gasteiger charge is 2.06. The predicted molar refractivity (Wildman–Crippen MR) is 69.5 cm³/mol. The number of methoxy groups -OCH3 is 1. The van der Waals surface area contributed by atoms with Gasteiger partial charge in [-0.15, -0.1) is 0 Å². The molecule has 0 radical (unpaired) electrons. The fourth-order valence-electron chi connectivity index (χ4n) is 1.61. The van der Waals surface area contributed by atoms with Gasteiger partial charge in [0.15, 0.2) is 0 Å². The van der Waals surface area contributed by atoms with Gasteiger partial charge in [0, 0.05) is 29.9 Å². The summed E-state index contributed by atoms with van der Waals surface area (Å²) in [5.74, 6) is 1.85. The zero-order valence-electron chi connectivity index (χ0n) is 10.8. The molecule has 0 fully saturated rings. The van der Waals surface area contributed by atoms with Crippen LogP contribution in [0.2, 0.25) is 0 Å². The third kappa shape index (κ3) is 2.56. The SMILES string of the molecule is COc1ccc(Cc2nc(C)c(C)c(N)n2)cn1. The summed E-state index contributed by atoms with van der Waals surface area (Å²) in [7, 11) is 1.59. The largest absolute Gasteiger partial charge is 0.481 e. The van der Waals surface area contributed by atoms with Crippen LogP contribution in [0.4, 0.5) is 5.82 Å². The molecule has 0 amide bonds. The van der Waals surface area contributed by atoms with E-state index in [4.69, 9.17) is 10.5 Å². The van der Waals surface area contributed by atoms with Gasteiger partial charge >= 0.3 is 0 Å². The summed E-state index contributed by atoms with van der Waals surface area (Å²) in [5, 5.41) is 0. The normalized spacial score (nSPS) is 10.4. The van der Waals surface area contributed by atoms with Crippen molar-refractivity contribution in [2.45, 2.75) is 20.3 Å². The van der Waals surface area contributed by atoms with Crippen molar-refractivity contribution in [3.8, 4) is 5.88 Å². The van der Waals surface area contributed by atoms with Gasteiger partial charge in [-0.3, -0.25) is 0 Å². The number of nitrogens with zero attached hydrogens (tertiary/aromatic N) is 3. The molecule has 0 aliphatic rings. The van der Waals surface area contributed by atoms with Crippen LogP contribution in [0.3, 0.4) is 0 Å². The molecule has 0 aliphatic heterocycles. The molecule has 0 aliphatic carbocycles. The third-order valence-corrected chi connectivity index (χ3v) is 2.84. The second-order valence-electron chi connectivity index (χ2n) is 4.12. The van der Waals surface area contributed by atoms with Crippen LogP contribution in [0.1, 0.15) is 22.6 Å². The van der Waals surface area contributed by atoms with E-state index >= 15 is 0 Å². The number of rotatable bonds is 3. The molecule has 0 bridgehead atoms. The molecule has 0 saturated heterocycles. The lowest BCUT2D eigenvalue weighted by Crippen LogP contribution is -2.05. The summed E-state index contributed by atoms with van der Waals surface area (Å²) in [6.07, 6.45) is 2.37. The molecule has 2 rings (SSSR count). The number of hydrogen-bond donors (Lipinski definition) is 1. The Hall–Kier alpha value is -2.17. The van der Waals surface area contributed by atoms with Gasteiger partial charge in [-0.05, 0) is 19.4 Å². The third-order valence-electron chi connectivity index (χ3n) is 2.84. The van der Waals surface area contributed by atoms with Crippen molar-refractivity contribution in [3.05, 3.63) is 41.0 Å². The van der Waals surface area contributed by atoms with Gasteiger partial charge in [0.2, 0.25) is 5.88 Å². The zero-order valence-corrected chi connectivity index (χ0v) is 10.8. The van der Waals surface area contributed by atoms with E-state index in [1.807, 2.05) is 26.0 Å². The minimum Gasteiger partial charge on any atom is -0.481 e. The van der Waals surface area contributed by atoms with E-state index in [1.54, 1.807) is 13.3 Å². The Morgan fingerprint density at radius 1 is 1.22 bits per heavy atom. The highest BCUT2D eigenvalue weighted by molar-refractivity contribution is 5.41. The molecule has 0 atom stereocenters. The lowest BCUT2D eigenvalue weighted by atomic mass is 10.2. The highest BCUT2D eigenvalue weighted by Crippen LogP contribution is 2.14. The number of nitrogen functional groups attached to an aromatic ring is 1. The van der Waals surface area contributed by atoms with Crippen LogP contribution in [-0.4, -0.2) is 22.1 Å². The number of pyridine rings is 1. The van der Waals surface area contributed by atoms with E-state index in [2.05, 4.69) is 15.0 Å². The first kappa shape index (κ1) is 12.3. The van der Waals surface area contributed by atoms with Gasteiger partial charge in [-0.1, -0.05) is 6.07 Å². The van der Waals surface area contributed by atoms with E-state index in [1.165, 1.54) is 0 Å². The number of aromatic nitrogens is 3. The van der Waals surface area contributed by atoms with Crippen molar-refractivity contribution >= 4 is 5.82 Å². The molecular formula is C13H16N4O. The van der Waals surface area contributed by atoms with Crippen molar-refractivity contribution in [1.29, 1.82) is 0 Å². The minimum absolute atomic E-state index is 0.541. The van der Waals surface area contributed by atoms with Crippen LogP contribution in [0.15, 0.2) is 18.3 Å². The Balaban J connectivity index is 2.23. The van der Waals surface area contributed by atoms with Gasteiger partial charge in [0.1, 0.15) is 11.6 Å². The molecule has 2 heterocycles. The van der Waals surface area contributed by atoms with E-state index < -0.39 is 0 Å². The van der Waals surface area contributed by atoms with E-state index in [-0.39, 0.29) is 0 Å². The number of nitrogens with two attached hydrogens (primary N) is 1. The molecule has 2 aromatic rings. The van der Waals surface area contributed by atoms with Gasteiger partial charge in [-0.2, -0.15) is 0 Å². The first-order chi connectivity index (χ1) is 8.60. The lowest BCUT2D eigenvalue weighted by Gasteiger charge is -2.07. The summed E-state index contributed by atoms with van der Waals surface area (Å²) in [5.41, 5.74) is 8.71. The van der Waals surface area contributed by atoms with Gasteiger partial charge in [-0.25, -0.2) is 15.0 Å². The molecule has 2 aromatic heterocycles. The van der Waals surface area contributed by atoms with Gasteiger partial charge in [0.25, 0.3) is 0 Å². The van der Waals surface area contributed by atoms with Gasteiger partial charge < -0.3 is 10.5 Å². The van der Waals surface area contributed by atoms with Crippen LogP contribution in [0, 0.1) is 13.8 Å². The first-order valence-corrected chi connectivity index (χ1v) is 5.68. The van der Waals surface area contributed by atoms with E-state index in [9.17, 15) is 0 Å². The van der Waals surface area contributed by atoms with E-state index in [0.29, 0.717) is 23.9 Å². The molecule has 0 aromatic carbocycles. The second kappa shape index (κ2) is 5.00. The Bertz CT molecular complexity index is 528. The average molecular weight is 244 g/mol. The highest BCUT2D eigenvalue weighted by atomic mass is 16.5. The van der Waals surface area contributed by atoms with Crippen LogP contribution in [0.25, 0.3) is 0 Å². The van der Waals surface area contributed by atoms with Crippen LogP contribution >= 0.6 is 0 Å². The van der Waals surface area contributed by atoms with Crippen molar-refractivity contribution in [2.24, 2.45) is 0 Å². The van der Waals surface area contributed by atoms with Crippen molar-refractivity contribution in [2.75, 3.05) is 12.8 Å². The summed E-state index contributed by atoms with van der Waals surface area (Å²) in [6.45, 7) is 3.85. The molecule has 18 heavy (non-hydrogen) atoms. The summed E-state index contributed by atoms with van der Waals surface area (Å²) in [6, 6.07) is 3.76. The standard InChI is InChI=1S/C13H16N4O/c1-8-9(2)16-11(17-13(8)14)6-10-4-5-12(18-3)15-7-10/h4-5,7H,6H2,1-3H3,(H2,14,16,17). The zero-order chi connectivity index (χ0) is 13.1. The van der Waals surface area contributed by atoms with Crippen LogP contribution in [0.5, 0.6) is 5.88 Å². The Labute approximate surface area is 106 Å². The summed E-state index contributed by atoms with van der Waals surface area (Å²) in [4.78, 5) is 12.8. The second-order valence-corrected chi connectivity index (χ2v) is 4.12. The summed E-state index contributed by atoms with van der Waals surface area (Å²) < 4.78 is 5.01. The van der Waals surface area contributed by atoms with E-state index in [0.717, 1.165) is 16.8 Å². The van der Waals surface area contributed by atoms with Crippen molar-refractivity contribution < 1.29 is 4.74 Å². The van der Waals surface area contributed by atoms with Crippen molar-refractivity contribution in [3.63, 3.8) is 0 Å². The molecule has 0 saturated carbocycles. The van der Waals surface area contributed by atoms with Crippen LogP contribution in [-0.2, 0) is 6.42 Å².